The van der Waals surface area contributed by atoms with Crippen LogP contribution in [0.2, 0.25) is 0 Å². The van der Waals surface area contributed by atoms with E-state index in [4.69, 9.17) is 0 Å². The van der Waals surface area contributed by atoms with Crippen LogP contribution in [0.5, 0.6) is 11.5 Å². The van der Waals surface area contributed by atoms with E-state index in [-0.39, 0.29) is 36.2 Å². The Hall–Kier alpha value is -2.56. The molecule has 0 radical (unpaired) electrons. The number of phenolic OH excluding ortho intramolecular Hbond substituents is 2. The lowest BCUT2D eigenvalue weighted by Crippen LogP contribution is -2.24. The molecule has 5 heteroatoms. The highest BCUT2D eigenvalue weighted by Crippen LogP contribution is 2.22. The molecule has 1 amide bonds. The van der Waals surface area contributed by atoms with E-state index in [1.807, 2.05) is 0 Å². The molecule has 0 heterocycles. The highest BCUT2D eigenvalue weighted by atomic mass is 19.1. The van der Waals surface area contributed by atoms with Crippen molar-refractivity contribution in [2.45, 2.75) is 13.0 Å². The molecule has 2 rings (SSSR count). The Morgan fingerprint density at radius 1 is 1.10 bits per heavy atom. The number of hydrogen-bond acceptors (Lipinski definition) is 3. The number of nitrogens with one attached hydrogen (secondary N) is 1. The fourth-order valence-corrected chi connectivity index (χ4v) is 1.75. The van der Waals surface area contributed by atoms with E-state index in [0.29, 0.717) is 5.56 Å². The lowest BCUT2D eigenvalue weighted by Gasteiger charge is -2.07. The van der Waals surface area contributed by atoms with Crippen LogP contribution < -0.4 is 5.32 Å². The third-order valence-corrected chi connectivity index (χ3v) is 2.82. The van der Waals surface area contributed by atoms with Crippen molar-refractivity contribution in [1.29, 1.82) is 0 Å². The molecule has 0 unspecified atom stereocenters. The Bertz CT molecular complexity index is 611. The molecule has 0 aliphatic carbocycles. The van der Waals surface area contributed by atoms with Gasteiger partial charge in [-0.15, -0.1) is 0 Å². The van der Waals surface area contributed by atoms with E-state index in [9.17, 15) is 19.4 Å². The molecule has 2 aromatic rings. The van der Waals surface area contributed by atoms with Gasteiger partial charge in [-0.3, -0.25) is 4.79 Å². The Labute approximate surface area is 115 Å². The Balaban J connectivity index is 1.92. The minimum absolute atomic E-state index is 0.0101. The van der Waals surface area contributed by atoms with E-state index in [1.165, 1.54) is 30.3 Å². The van der Waals surface area contributed by atoms with E-state index in [2.05, 4.69) is 5.32 Å². The third kappa shape index (κ3) is 3.71. The molecule has 0 aliphatic heterocycles. The van der Waals surface area contributed by atoms with Crippen LogP contribution in [0, 0.1) is 5.82 Å². The van der Waals surface area contributed by atoms with Gasteiger partial charge in [0.15, 0.2) is 0 Å². The summed E-state index contributed by atoms with van der Waals surface area (Å²) in [5.74, 6) is -0.677. The fraction of sp³-hybridized carbons (Fsp3) is 0.133. The molecule has 0 saturated carbocycles. The lowest BCUT2D eigenvalue weighted by atomic mass is 10.1. The summed E-state index contributed by atoms with van der Waals surface area (Å²) in [6.07, 6.45) is -0.0402. The van der Waals surface area contributed by atoms with Crippen molar-refractivity contribution in [3.63, 3.8) is 0 Å². The van der Waals surface area contributed by atoms with Crippen LogP contribution in [0.1, 0.15) is 11.1 Å². The summed E-state index contributed by atoms with van der Waals surface area (Å²) < 4.78 is 12.7. The summed E-state index contributed by atoms with van der Waals surface area (Å²) in [6, 6.07) is 9.83. The molecule has 3 N–H and O–H groups in total. The van der Waals surface area contributed by atoms with Gasteiger partial charge in [0.25, 0.3) is 0 Å². The number of phenols is 2. The lowest BCUT2D eigenvalue weighted by molar-refractivity contribution is -0.120. The quantitative estimate of drug-likeness (QED) is 0.748. The molecule has 0 aliphatic rings. The summed E-state index contributed by atoms with van der Waals surface area (Å²) in [7, 11) is 0. The number of carbonyl (C=O) groups is 1. The second-order valence-corrected chi connectivity index (χ2v) is 4.39. The molecular formula is C15H14FNO3. The van der Waals surface area contributed by atoms with Gasteiger partial charge in [0.2, 0.25) is 5.91 Å². The number of halogens is 1. The van der Waals surface area contributed by atoms with Crippen LogP contribution in [0.4, 0.5) is 4.39 Å². The Kier molecular flexibility index (Phi) is 4.20. The predicted molar refractivity (Wildman–Crippen MR) is 71.7 cm³/mol. The van der Waals surface area contributed by atoms with Gasteiger partial charge in [0.1, 0.15) is 17.3 Å². The average Bonchev–Trinajstić information content (AvgIpc) is 2.42. The van der Waals surface area contributed by atoms with Gasteiger partial charge in [-0.05, 0) is 35.9 Å². The molecule has 0 saturated heterocycles. The van der Waals surface area contributed by atoms with Crippen molar-refractivity contribution in [3.8, 4) is 11.5 Å². The predicted octanol–water partition coefficient (Wildman–Crippen LogP) is 2.10. The van der Waals surface area contributed by atoms with Crippen molar-refractivity contribution in [2.75, 3.05) is 0 Å². The van der Waals surface area contributed by atoms with Crippen LogP contribution in [0.25, 0.3) is 0 Å². The maximum Gasteiger partial charge on any atom is 0.224 e. The first-order chi connectivity index (χ1) is 9.54. The average molecular weight is 275 g/mol. The molecular weight excluding hydrogens is 261 g/mol. The summed E-state index contributed by atoms with van der Waals surface area (Å²) in [5, 5.41) is 21.5. The number of rotatable bonds is 4. The molecule has 0 spiro atoms. The fourth-order valence-electron chi connectivity index (χ4n) is 1.75. The number of aromatic hydroxyl groups is 2. The molecule has 0 atom stereocenters. The highest BCUT2D eigenvalue weighted by molar-refractivity contribution is 5.79. The van der Waals surface area contributed by atoms with Gasteiger partial charge in [-0.25, -0.2) is 4.39 Å². The normalized spacial score (nSPS) is 10.2. The van der Waals surface area contributed by atoms with Crippen molar-refractivity contribution in [2.24, 2.45) is 0 Å². The van der Waals surface area contributed by atoms with Crippen LogP contribution in [-0.4, -0.2) is 16.1 Å². The summed E-state index contributed by atoms with van der Waals surface area (Å²) >= 11 is 0. The van der Waals surface area contributed by atoms with Crippen molar-refractivity contribution < 1.29 is 19.4 Å². The van der Waals surface area contributed by atoms with Crippen molar-refractivity contribution in [1.82, 2.24) is 5.32 Å². The van der Waals surface area contributed by atoms with Crippen LogP contribution in [-0.2, 0) is 17.8 Å². The zero-order chi connectivity index (χ0) is 14.5. The van der Waals surface area contributed by atoms with Crippen molar-refractivity contribution >= 4 is 5.91 Å². The molecule has 104 valence electrons. The first kappa shape index (κ1) is 13.9. The standard InChI is InChI=1S/C15H14FNO3/c16-12-3-1-10(2-4-12)9-17-15(20)8-11-7-13(18)5-6-14(11)19/h1-7,18-19H,8-9H2,(H,17,20). The van der Waals surface area contributed by atoms with Gasteiger partial charge in [0, 0.05) is 12.1 Å². The van der Waals surface area contributed by atoms with E-state index >= 15 is 0 Å². The summed E-state index contributed by atoms with van der Waals surface area (Å²) in [6.45, 7) is 0.276. The maximum absolute atomic E-state index is 12.7. The zero-order valence-electron chi connectivity index (χ0n) is 10.6. The maximum atomic E-state index is 12.7. The largest absolute Gasteiger partial charge is 0.508 e. The Morgan fingerprint density at radius 3 is 2.50 bits per heavy atom. The second kappa shape index (κ2) is 6.06. The number of benzene rings is 2. The van der Waals surface area contributed by atoms with E-state index < -0.39 is 0 Å². The van der Waals surface area contributed by atoms with Gasteiger partial charge in [-0.2, -0.15) is 0 Å². The second-order valence-electron chi connectivity index (χ2n) is 4.39. The number of hydrogen-bond donors (Lipinski definition) is 3. The summed E-state index contributed by atoms with van der Waals surface area (Å²) in [4.78, 5) is 11.7. The first-order valence-electron chi connectivity index (χ1n) is 6.06. The Morgan fingerprint density at radius 2 is 1.80 bits per heavy atom. The zero-order valence-corrected chi connectivity index (χ0v) is 10.6. The SMILES string of the molecule is O=C(Cc1cc(O)ccc1O)NCc1ccc(F)cc1. The van der Waals surface area contributed by atoms with Gasteiger partial charge in [-0.1, -0.05) is 12.1 Å². The molecule has 2 aromatic carbocycles. The molecule has 4 nitrogen and oxygen atoms in total. The minimum atomic E-state index is -0.329. The topological polar surface area (TPSA) is 69.6 Å². The smallest absolute Gasteiger partial charge is 0.224 e. The summed E-state index contributed by atoms with van der Waals surface area (Å²) in [5.41, 5.74) is 1.13. The third-order valence-electron chi connectivity index (χ3n) is 2.82. The molecule has 0 fully saturated rings. The van der Waals surface area contributed by atoms with E-state index in [0.717, 1.165) is 5.56 Å². The number of carbonyl (C=O) groups excluding carboxylic acids is 1. The van der Waals surface area contributed by atoms with Gasteiger partial charge in [0.05, 0.1) is 6.42 Å². The van der Waals surface area contributed by atoms with Crippen LogP contribution >= 0.6 is 0 Å². The highest BCUT2D eigenvalue weighted by Gasteiger charge is 2.08. The molecule has 20 heavy (non-hydrogen) atoms. The molecule has 0 aromatic heterocycles. The van der Waals surface area contributed by atoms with Crippen LogP contribution in [0.3, 0.4) is 0 Å². The first-order valence-corrected chi connectivity index (χ1v) is 6.06. The minimum Gasteiger partial charge on any atom is -0.508 e. The molecule has 0 bridgehead atoms. The van der Waals surface area contributed by atoms with Gasteiger partial charge < -0.3 is 15.5 Å². The monoisotopic (exact) mass is 275 g/mol. The van der Waals surface area contributed by atoms with Gasteiger partial charge >= 0.3 is 0 Å². The van der Waals surface area contributed by atoms with Crippen LogP contribution in [0.15, 0.2) is 42.5 Å². The number of amides is 1. The van der Waals surface area contributed by atoms with E-state index in [1.54, 1.807) is 12.1 Å². The van der Waals surface area contributed by atoms with Crippen molar-refractivity contribution in [3.05, 3.63) is 59.4 Å².